The Labute approximate surface area is 105 Å². The number of rotatable bonds is 2. The lowest BCUT2D eigenvalue weighted by Gasteiger charge is -2.09. The van der Waals surface area contributed by atoms with Gasteiger partial charge in [0.05, 0.1) is 5.56 Å². The van der Waals surface area contributed by atoms with Crippen molar-refractivity contribution < 1.29 is 17.6 Å². The minimum Gasteiger partial charge on any atom is -0.284 e. The van der Waals surface area contributed by atoms with E-state index in [1.807, 2.05) is 0 Å². The molecule has 0 saturated heterocycles. The Morgan fingerprint density at radius 1 is 1.05 bits per heavy atom. The van der Waals surface area contributed by atoms with Gasteiger partial charge in [-0.15, -0.1) is 0 Å². The molecule has 0 spiro atoms. The van der Waals surface area contributed by atoms with Gasteiger partial charge in [-0.3, -0.25) is 9.36 Å². The number of benzene rings is 1. The van der Waals surface area contributed by atoms with Crippen molar-refractivity contribution in [1.82, 2.24) is 4.57 Å². The molecule has 0 atom stereocenters. The molecule has 2 nitrogen and oxygen atoms in total. The third-order valence-corrected chi connectivity index (χ3v) is 2.62. The van der Waals surface area contributed by atoms with Gasteiger partial charge in [0.25, 0.3) is 5.56 Å². The molecule has 2 rings (SSSR count). The van der Waals surface area contributed by atoms with E-state index in [-0.39, 0.29) is 0 Å². The van der Waals surface area contributed by atoms with Crippen LogP contribution in [0.3, 0.4) is 0 Å². The quantitative estimate of drug-likeness (QED) is 0.768. The molecule has 0 aliphatic rings. The lowest BCUT2D eigenvalue weighted by atomic mass is 10.2. The second-order valence-electron chi connectivity index (χ2n) is 3.92. The zero-order chi connectivity index (χ0) is 14.0. The monoisotopic (exact) mass is 271 g/mol. The second-order valence-corrected chi connectivity index (χ2v) is 3.92. The fourth-order valence-electron chi connectivity index (χ4n) is 1.61. The zero-order valence-corrected chi connectivity index (χ0v) is 9.62. The summed E-state index contributed by atoms with van der Waals surface area (Å²) in [6.45, 7) is -0.637. The summed E-state index contributed by atoms with van der Waals surface area (Å²) < 4.78 is 50.6. The van der Waals surface area contributed by atoms with Gasteiger partial charge in [0.15, 0.2) is 0 Å². The van der Waals surface area contributed by atoms with Crippen LogP contribution in [0.5, 0.6) is 0 Å². The summed E-state index contributed by atoms with van der Waals surface area (Å²) in [5.74, 6) is 0. The van der Waals surface area contributed by atoms with E-state index >= 15 is 0 Å². The number of halogens is 4. The third kappa shape index (κ3) is 2.83. The summed E-state index contributed by atoms with van der Waals surface area (Å²) in [5.41, 5.74) is -0.961. The number of hydrogen-bond donors (Lipinski definition) is 0. The highest BCUT2D eigenvalue weighted by Crippen LogP contribution is 2.27. The Morgan fingerprint density at radius 2 is 1.68 bits per heavy atom. The smallest absolute Gasteiger partial charge is 0.284 e. The standard InChI is InChI=1S/C13H9F4NO/c14-8-9-1-3-11(4-2-9)18-6-5-10(7-12(18)19)13(15,16)17/h1-7H,8H2. The van der Waals surface area contributed by atoms with Gasteiger partial charge in [-0.25, -0.2) is 4.39 Å². The van der Waals surface area contributed by atoms with Crippen molar-refractivity contribution in [3.05, 3.63) is 64.1 Å². The molecule has 1 aromatic carbocycles. The van der Waals surface area contributed by atoms with Crippen LogP contribution < -0.4 is 5.56 Å². The molecule has 0 bridgehead atoms. The van der Waals surface area contributed by atoms with Gasteiger partial charge in [0.1, 0.15) is 6.67 Å². The topological polar surface area (TPSA) is 22.0 Å². The van der Waals surface area contributed by atoms with Crippen LogP contribution in [0.15, 0.2) is 47.4 Å². The molecule has 0 fully saturated rings. The minimum absolute atomic E-state index is 0.385. The number of aromatic nitrogens is 1. The SMILES string of the molecule is O=c1cc(C(F)(F)F)ccn1-c1ccc(CF)cc1. The molecule has 1 aromatic heterocycles. The van der Waals surface area contributed by atoms with Gasteiger partial charge in [0.2, 0.25) is 0 Å². The van der Waals surface area contributed by atoms with Crippen LogP contribution in [0.4, 0.5) is 17.6 Å². The first kappa shape index (κ1) is 13.3. The largest absolute Gasteiger partial charge is 0.416 e. The molecular weight excluding hydrogens is 262 g/mol. The van der Waals surface area contributed by atoms with Crippen LogP contribution in [0.1, 0.15) is 11.1 Å². The molecule has 0 aliphatic heterocycles. The molecule has 2 aromatic rings. The van der Waals surface area contributed by atoms with Crippen molar-refractivity contribution in [2.45, 2.75) is 12.9 Å². The molecule has 0 amide bonds. The molecular formula is C13H9F4NO. The fraction of sp³-hybridized carbons (Fsp3) is 0.154. The van der Waals surface area contributed by atoms with E-state index in [1.54, 1.807) is 0 Å². The van der Waals surface area contributed by atoms with Crippen LogP contribution in [0.2, 0.25) is 0 Å². The van der Waals surface area contributed by atoms with E-state index in [0.29, 0.717) is 17.3 Å². The van der Waals surface area contributed by atoms with E-state index in [4.69, 9.17) is 0 Å². The van der Waals surface area contributed by atoms with E-state index in [2.05, 4.69) is 0 Å². The van der Waals surface area contributed by atoms with Crippen molar-refractivity contribution in [2.75, 3.05) is 0 Å². The minimum atomic E-state index is -4.55. The highest BCUT2D eigenvalue weighted by Gasteiger charge is 2.30. The van der Waals surface area contributed by atoms with Gasteiger partial charge in [-0.2, -0.15) is 13.2 Å². The van der Waals surface area contributed by atoms with Crippen LogP contribution in [-0.2, 0) is 12.9 Å². The van der Waals surface area contributed by atoms with Crippen molar-refractivity contribution in [2.24, 2.45) is 0 Å². The maximum Gasteiger partial charge on any atom is 0.416 e. The molecule has 0 saturated carbocycles. The number of pyridine rings is 1. The highest BCUT2D eigenvalue weighted by molar-refractivity contribution is 5.35. The third-order valence-electron chi connectivity index (χ3n) is 2.62. The average molecular weight is 271 g/mol. The van der Waals surface area contributed by atoms with Gasteiger partial charge < -0.3 is 0 Å². The summed E-state index contributed by atoms with van der Waals surface area (Å²) in [7, 11) is 0. The molecule has 0 radical (unpaired) electrons. The maximum atomic E-state index is 12.4. The van der Waals surface area contributed by atoms with E-state index in [9.17, 15) is 22.4 Å². The molecule has 0 aliphatic carbocycles. The lowest BCUT2D eigenvalue weighted by molar-refractivity contribution is -0.137. The summed E-state index contributed by atoms with van der Waals surface area (Å²) in [5, 5.41) is 0. The van der Waals surface area contributed by atoms with Gasteiger partial charge in [0, 0.05) is 18.0 Å². The van der Waals surface area contributed by atoms with Gasteiger partial charge >= 0.3 is 6.18 Å². The Kier molecular flexibility index (Phi) is 3.42. The molecule has 100 valence electrons. The normalized spacial score (nSPS) is 11.6. The Hall–Kier alpha value is -2.11. The molecule has 1 heterocycles. The first-order valence-electron chi connectivity index (χ1n) is 5.37. The highest BCUT2D eigenvalue weighted by atomic mass is 19.4. The Balaban J connectivity index is 2.43. The Bertz CT molecular complexity index is 628. The van der Waals surface area contributed by atoms with E-state index in [0.717, 1.165) is 16.8 Å². The number of nitrogens with zero attached hydrogens (tertiary/aromatic N) is 1. The van der Waals surface area contributed by atoms with E-state index < -0.39 is 24.0 Å². The van der Waals surface area contributed by atoms with Crippen LogP contribution in [0.25, 0.3) is 5.69 Å². The van der Waals surface area contributed by atoms with E-state index in [1.165, 1.54) is 24.3 Å². The van der Waals surface area contributed by atoms with Crippen LogP contribution in [0, 0.1) is 0 Å². The average Bonchev–Trinajstić information content (AvgIpc) is 2.38. The summed E-state index contributed by atoms with van der Waals surface area (Å²) in [6.07, 6.45) is -3.49. The number of hydrogen-bond acceptors (Lipinski definition) is 1. The van der Waals surface area contributed by atoms with Crippen LogP contribution in [-0.4, -0.2) is 4.57 Å². The summed E-state index contributed by atoms with van der Waals surface area (Å²) in [6, 6.07) is 7.25. The number of alkyl halides is 4. The fourth-order valence-corrected chi connectivity index (χ4v) is 1.61. The molecule has 0 unspecified atom stereocenters. The molecule has 19 heavy (non-hydrogen) atoms. The van der Waals surface area contributed by atoms with Crippen molar-refractivity contribution in [3.63, 3.8) is 0 Å². The molecule has 0 N–H and O–H groups in total. The van der Waals surface area contributed by atoms with Crippen molar-refractivity contribution >= 4 is 0 Å². The van der Waals surface area contributed by atoms with Gasteiger partial charge in [-0.1, -0.05) is 12.1 Å². The Morgan fingerprint density at radius 3 is 2.16 bits per heavy atom. The maximum absolute atomic E-state index is 12.4. The second kappa shape index (κ2) is 4.87. The first-order chi connectivity index (χ1) is 8.91. The van der Waals surface area contributed by atoms with Crippen molar-refractivity contribution in [1.29, 1.82) is 0 Å². The summed E-state index contributed by atoms with van der Waals surface area (Å²) >= 11 is 0. The lowest BCUT2D eigenvalue weighted by Crippen LogP contribution is -2.20. The predicted molar refractivity (Wildman–Crippen MR) is 61.9 cm³/mol. The summed E-state index contributed by atoms with van der Waals surface area (Å²) in [4.78, 5) is 11.6. The predicted octanol–water partition coefficient (Wildman–Crippen LogP) is 3.33. The van der Waals surface area contributed by atoms with Crippen molar-refractivity contribution in [3.8, 4) is 5.69 Å². The first-order valence-corrected chi connectivity index (χ1v) is 5.37. The van der Waals surface area contributed by atoms with Crippen LogP contribution >= 0.6 is 0 Å². The molecule has 6 heteroatoms. The zero-order valence-electron chi connectivity index (χ0n) is 9.62. The van der Waals surface area contributed by atoms with Gasteiger partial charge in [-0.05, 0) is 23.8 Å².